The molecule has 0 amide bonds. The molecule has 64 heavy (non-hydrogen) atoms. The number of nitrogens with zero attached hydrogens (tertiary/aromatic N) is 3. The first-order valence-corrected chi connectivity index (χ1v) is 23.2. The predicted octanol–water partition coefficient (Wildman–Crippen LogP) is 14.2. The van der Waals surface area contributed by atoms with Gasteiger partial charge in [-0.2, -0.15) is 0 Å². The number of benzene rings is 8. The van der Waals surface area contributed by atoms with Crippen LogP contribution in [0.4, 0.5) is 0 Å². The molecular formula is C60H43N3O. The third-order valence-corrected chi connectivity index (χ3v) is 17.1. The lowest BCUT2D eigenvalue weighted by molar-refractivity contribution is -0.175. The van der Waals surface area contributed by atoms with Gasteiger partial charge in [0.05, 0.1) is 5.41 Å². The van der Waals surface area contributed by atoms with Crippen molar-refractivity contribution in [2.75, 3.05) is 0 Å². The van der Waals surface area contributed by atoms with E-state index in [1.807, 2.05) is 0 Å². The maximum atomic E-state index is 6.57. The van der Waals surface area contributed by atoms with Gasteiger partial charge in [-0.1, -0.05) is 158 Å². The largest absolute Gasteiger partial charge is 0.457 e. The van der Waals surface area contributed by atoms with E-state index in [-0.39, 0.29) is 0 Å². The van der Waals surface area contributed by atoms with Crippen LogP contribution in [0.2, 0.25) is 0 Å². The first kappa shape index (κ1) is 35.3. The van der Waals surface area contributed by atoms with Gasteiger partial charge in [-0.15, -0.1) is 0 Å². The van der Waals surface area contributed by atoms with Crippen molar-refractivity contribution in [1.82, 2.24) is 15.0 Å². The van der Waals surface area contributed by atoms with E-state index in [0.29, 0.717) is 28.3 Å². The Morgan fingerprint density at radius 2 is 1.00 bits per heavy atom. The van der Waals surface area contributed by atoms with Gasteiger partial charge < -0.3 is 4.74 Å². The minimum Gasteiger partial charge on any atom is -0.457 e. The Labute approximate surface area is 372 Å². The highest BCUT2D eigenvalue weighted by Crippen LogP contribution is 2.84. The van der Waals surface area contributed by atoms with Gasteiger partial charge in [0.25, 0.3) is 0 Å². The van der Waals surface area contributed by atoms with E-state index in [1.54, 1.807) is 0 Å². The molecule has 5 aliphatic carbocycles. The minimum atomic E-state index is -0.495. The molecule has 8 aromatic carbocycles. The second kappa shape index (κ2) is 12.5. The topological polar surface area (TPSA) is 47.9 Å². The highest BCUT2D eigenvalue weighted by atomic mass is 16.5. The zero-order valence-electron chi connectivity index (χ0n) is 35.3. The van der Waals surface area contributed by atoms with Crippen LogP contribution in [0.25, 0.3) is 67.2 Å². The summed E-state index contributed by atoms with van der Waals surface area (Å²) in [6, 6.07) is 66.1. The molecule has 2 heterocycles. The van der Waals surface area contributed by atoms with Gasteiger partial charge in [-0.05, 0) is 135 Å². The fraction of sp³-hybridized carbons (Fsp3) is 0.183. The SMILES string of the molecule is c1cc(-c2ccc3c(c2)-c2ccccc2C32c3ccccc3Oc3ccccc32)cc(-c2nc(-c3ccc(C45C[C@H]6CC7C[C@@H](C4)C76C5)cc3)nc(-c3cccc4ccccc34)n2)c1. The maximum Gasteiger partial charge on any atom is 0.164 e. The molecule has 3 unspecified atom stereocenters. The Morgan fingerprint density at radius 3 is 1.77 bits per heavy atom. The Kier molecular flexibility index (Phi) is 6.90. The van der Waals surface area contributed by atoms with Crippen molar-refractivity contribution in [2.24, 2.45) is 23.2 Å². The summed E-state index contributed by atoms with van der Waals surface area (Å²) in [5.41, 5.74) is 14.7. The zero-order chi connectivity index (χ0) is 41.8. The molecule has 4 nitrogen and oxygen atoms in total. The summed E-state index contributed by atoms with van der Waals surface area (Å²) in [6.07, 6.45) is 7.12. The van der Waals surface area contributed by atoms with Crippen LogP contribution >= 0.6 is 0 Å². The quantitative estimate of drug-likeness (QED) is 0.173. The van der Waals surface area contributed by atoms with Gasteiger partial charge in [-0.25, -0.2) is 15.0 Å². The van der Waals surface area contributed by atoms with Crippen LogP contribution in [0.15, 0.2) is 182 Å². The molecule has 2 spiro atoms. The van der Waals surface area contributed by atoms with Gasteiger partial charge in [0, 0.05) is 27.8 Å². The van der Waals surface area contributed by atoms with Crippen molar-refractivity contribution in [3.63, 3.8) is 0 Å². The Bertz CT molecular complexity index is 3390. The van der Waals surface area contributed by atoms with E-state index >= 15 is 0 Å². The Balaban J connectivity index is 0.855. The molecule has 1 aliphatic heterocycles. The number of ether oxygens (including phenoxy) is 1. The number of hydrogen-bond donors (Lipinski definition) is 0. The Hall–Kier alpha value is -7.17. The lowest BCUT2D eigenvalue weighted by atomic mass is 9.38. The molecule has 0 N–H and O–H groups in total. The molecule has 9 aromatic rings. The van der Waals surface area contributed by atoms with E-state index in [4.69, 9.17) is 19.7 Å². The maximum absolute atomic E-state index is 6.57. The molecular weight excluding hydrogens is 779 g/mol. The number of para-hydroxylation sites is 2. The summed E-state index contributed by atoms with van der Waals surface area (Å²) in [6.45, 7) is 0. The van der Waals surface area contributed by atoms with Crippen LogP contribution in [0, 0.1) is 23.2 Å². The zero-order valence-corrected chi connectivity index (χ0v) is 35.3. The van der Waals surface area contributed by atoms with Crippen molar-refractivity contribution in [2.45, 2.75) is 42.9 Å². The van der Waals surface area contributed by atoms with Gasteiger partial charge >= 0.3 is 0 Å². The van der Waals surface area contributed by atoms with E-state index < -0.39 is 5.41 Å². The molecule has 4 fully saturated rings. The normalized spacial score (nSPS) is 24.2. The smallest absolute Gasteiger partial charge is 0.164 e. The van der Waals surface area contributed by atoms with Crippen molar-refractivity contribution < 1.29 is 4.74 Å². The number of aromatic nitrogens is 3. The third kappa shape index (κ3) is 4.50. The van der Waals surface area contributed by atoms with E-state index in [1.165, 1.54) is 76.4 Å². The van der Waals surface area contributed by atoms with Gasteiger partial charge in [-0.3, -0.25) is 0 Å². The third-order valence-electron chi connectivity index (χ3n) is 17.1. The van der Waals surface area contributed by atoms with Crippen LogP contribution in [0.1, 0.15) is 59.9 Å². The lowest BCUT2D eigenvalue weighted by Crippen LogP contribution is -2.59. The number of rotatable bonds is 5. The highest BCUT2D eigenvalue weighted by molar-refractivity contribution is 5.96. The van der Waals surface area contributed by atoms with Crippen molar-refractivity contribution in [3.05, 3.63) is 210 Å². The summed E-state index contributed by atoms with van der Waals surface area (Å²) in [4.78, 5) is 15.8. The first-order chi connectivity index (χ1) is 31.6. The summed E-state index contributed by atoms with van der Waals surface area (Å²) < 4.78 is 6.57. The molecule has 5 atom stereocenters. The van der Waals surface area contributed by atoms with E-state index in [9.17, 15) is 0 Å². The van der Waals surface area contributed by atoms with Crippen molar-refractivity contribution in [1.29, 1.82) is 0 Å². The van der Waals surface area contributed by atoms with Crippen LogP contribution in [0.5, 0.6) is 11.5 Å². The van der Waals surface area contributed by atoms with E-state index in [2.05, 4.69) is 182 Å². The van der Waals surface area contributed by atoms with Gasteiger partial charge in [0.15, 0.2) is 17.5 Å². The average Bonchev–Trinajstić information content (AvgIpc) is 3.95. The summed E-state index contributed by atoms with van der Waals surface area (Å²) in [5, 5.41) is 2.30. The minimum absolute atomic E-state index is 0.359. The van der Waals surface area contributed by atoms with Crippen LogP contribution in [0.3, 0.4) is 0 Å². The first-order valence-electron chi connectivity index (χ1n) is 23.2. The van der Waals surface area contributed by atoms with Gasteiger partial charge in [0.1, 0.15) is 11.5 Å². The van der Waals surface area contributed by atoms with Crippen molar-refractivity contribution >= 4 is 10.8 Å². The molecule has 2 bridgehead atoms. The second-order valence-electron chi connectivity index (χ2n) is 19.7. The average molecular weight is 822 g/mol. The molecule has 304 valence electrons. The predicted molar refractivity (Wildman–Crippen MR) is 254 cm³/mol. The summed E-state index contributed by atoms with van der Waals surface area (Å²) in [5.74, 6) is 6.80. The van der Waals surface area contributed by atoms with E-state index in [0.717, 1.165) is 62.5 Å². The molecule has 1 aromatic heterocycles. The fourth-order valence-corrected chi connectivity index (χ4v) is 14.4. The molecule has 15 rings (SSSR count). The van der Waals surface area contributed by atoms with Crippen molar-refractivity contribution in [3.8, 4) is 67.9 Å². The second-order valence-corrected chi connectivity index (χ2v) is 19.7. The highest BCUT2D eigenvalue weighted by Gasteiger charge is 2.77. The molecule has 6 aliphatic rings. The number of hydrogen-bond acceptors (Lipinski definition) is 4. The van der Waals surface area contributed by atoms with Gasteiger partial charge in [0.2, 0.25) is 0 Å². The molecule has 4 saturated carbocycles. The van der Waals surface area contributed by atoms with Crippen LogP contribution in [-0.4, -0.2) is 15.0 Å². The van der Waals surface area contributed by atoms with Crippen LogP contribution < -0.4 is 4.74 Å². The molecule has 0 radical (unpaired) electrons. The Morgan fingerprint density at radius 1 is 0.422 bits per heavy atom. The number of fused-ring (bicyclic) bond motifs is 11. The molecule has 4 heteroatoms. The monoisotopic (exact) mass is 821 g/mol. The summed E-state index contributed by atoms with van der Waals surface area (Å²) in [7, 11) is 0. The fourth-order valence-electron chi connectivity index (χ4n) is 14.4. The standard InChI is InChI=1S/C60H43N3O/c1-2-15-45-36(11-1)12-10-17-47(45)57-62-55(37-23-26-41(27-24-37)58-33-43-31-42-32-44(34-58)59(42,43)35-58)61-56(63-57)40-14-9-13-38(29-40)39-25-28-50-48(30-39)46-16-3-4-18-49(46)60(50)51-19-5-7-21-53(51)64-54-22-8-6-20-52(54)60/h1-30,42-44H,31-35H2/t42?,43-,44+,58?,59?. The lowest BCUT2D eigenvalue weighted by Gasteiger charge is -2.66. The molecule has 0 saturated heterocycles. The van der Waals surface area contributed by atoms with Crippen LogP contribution in [-0.2, 0) is 10.8 Å². The summed E-state index contributed by atoms with van der Waals surface area (Å²) >= 11 is 0.